The molecule has 0 spiro atoms. The fourth-order valence-corrected chi connectivity index (χ4v) is 1.77. The molecule has 2 aromatic rings. The minimum atomic E-state index is -0.467. The third-order valence-corrected chi connectivity index (χ3v) is 2.86. The number of hydrogen-bond acceptors (Lipinski definition) is 5. The Balaban J connectivity index is 2.16. The van der Waals surface area contributed by atoms with Gasteiger partial charge < -0.3 is 10.5 Å². The van der Waals surface area contributed by atoms with E-state index in [1.807, 2.05) is 13.1 Å². The summed E-state index contributed by atoms with van der Waals surface area (Å²) in [6, 6.07) is 4.63. The number of rotatable bonds is 6. The molecule has 0 fully saturated rings. The lowest BCUT2D eigenvalue weighted by molar-refractivity contribution is -0.386. The molecule has 0 saturated carbocycles. The highest BCUT2D eigenvalue weighted by Gasteiger charge is 2.15. The molecule has 0 aliphatic rings. The van der Waals surface area contributed by atoms with E-state index in [-0.39, 0.29) is 18.0 Å². The van der Waals surface area contributed by atoms with Crippen LogP contribution in [0.2, 0.25) is 0 Å². The Labute approximate surface area is 116 Å². The summed E-state index contributed by atoms with van der Waals surface area (Å²) in [5.74, 6) is 0.224. The normalized spacial score (nSPS) is 10.5. The number of nitro benzene ring substituents is 1. The summed E-state index contributed by atoms with van der Waals surface area (Å²) in [5, 5.41) is 15.1. The lowest BCUT2D eigenvalue weighted by atomic mass is 10.2. The highest BCUT2D eigenvalue weighted by Crippen LogP contribution is 2.28. The van der Waals surface area contributed by atoms with Gasteiger partial charge in [0.2, 0.25) is 0 Å². The third-order valence-electron chi connectivity index (χ3n) is 2.86. The van der Waals surface area contributed by atoms with Crippen molar-refractivity contribution < 1.29 is 9.66 Å². The van der Waals surface area contributed by atoms with E-state index in [0.29, 0.717) is 6.54 Å². The summed E-state index contributed by atoms with van der Waals surface area (Å²) in [6.07, 6.45) is 3.53. The fraction of sp³-hybridized carbons (Fsp3) is 0.308. The Morgan fingerprint density at radius 1 is 1.45 bits per heavy atom. The van der Waals surface area contributed by atoms with Crippen LogP contribution in [-0.2, 0) is 19.7 Å². The van der Waals surface area contributed by atoms with Crippen molar-refractivity contribution in [1.82, 2.24) is 9.78 Å². The number of aromatic nitrogens is 2. The van der Waals surface area contributed by atoms with Crippen molar-refractivity contribution >= 4 is 5.69 Å². The molecule has 0 atom stereocenters. The number of nitrogens with two attached hydrogens (primary N) is 1. The summed E-state index contributed by atoms with van der Waals surface area (Å²) in [4.78, 5) is 10.5. The number of hydrogen-bond donors (Lipinski definition) is 1. The van der Waals surface area contributed by atoms with Gasteiger partial charge in [-0.05, 0) is 18.6 Å². The molecule has 1 heterocycles. The molecule has 20 heavy (non-hydrogen) atoms. The van der Waals surface area contributed by atoms with Gasteiger partial charge in [-0.15, -0.1) is 0 Å². The van der Waals surface area contributed by atoms with Crippen LogP contribution in [0.3, 0.4) is 0 Å². The van der Waals surface area contributed by atoms with Crippen LogP contribution in [0.15, 0.2) is 30.6 Å². The van der Waals surface area contributed by atoms with Gasteiger partial charge in [-0.2, -0.15) is 5.10 Å². The van der Waals surface area contributed by atoms with E-state index in [1.165, 1.54) is 6.07 Å². The maximum Gasteiger partial charge on any atom is 0.310 e. The Morgan fingerprint density at radius 3 is 2.85 bits per heavy atom. The van der Waals surface area contributed by atoms with E-state index in [0.717, 1.165) is 17.7 Å². The van der Waals surface area contributed by atoms with Crippen LogP contribution >= 0.6 is 0 Å². The van der Waals surface area contributed by atoms with Crippen molar-refractivity contribution in [3.05, 3.63) is 51.8 Å². The summed E-state index contributed by atoms with van der Waals surface area (Å²) in [5.41, 5.74) is 7.12. The quantitative estimate of drug-likeness (QED) is 0.641. The largest absolute Gasteiger partial charge is 0.482 e. The molecular weight excluding hydrogens is 260 g/mol. The third kappa shape index (κ3) is 3.12. The van der Waals surface area contributed by atoms with Gasteiger partial charge in [0.1, 0.15) is 6.61 Å². The smallest absolute Gasteiger partial charge is 0.310 e. The summed E-state index contributed by atoms with van der Waals surface area (Å²) < 4.78 is 7.30. The first-order chi connectivity index (χ1) is 9.63. The van der Waals surface area contributed by atoms with Crippen LogP contribution in [-0.4, -0.2) is 14.7 Å². The summed E-state index contributed by atoms with van der Waals surface area (Å²) in [7, 11) is 0. The van der Waals surface area contributed by atoms with Gasteiger partial charge in [0.15, 0.2) is 5.75 Å². The molecule has 7 heteroatoms. The Kier molecular flexibility index (Phi) is 4.31. The van der Waals surface area contributed by atoms with Crippen molar-refractivity contribution in [1.29, 1.82) is 0 Å². The molecule has 106 valence electrons. The van der Waals surface area contributed by atoms with Gasteiger partial charge in [0, 0.05) is 30.9 Å². The van der Waals surface area contributed by atoms with E-state index in [2.05, 4.69) is 5.10 Å². The molecule has 0 aliphatic heterocycles. The SMILES string of the molecule is CCn1cc(COc2cc(CN)ccc2[N+](=O)[O-])cn1. The second kappa shape index (κ2) is 6.16. The first-order valence-electron chi connectivity index (χ1n) is 6.25. The zero-order chi connectivity index (χ0) is 14.5. The molecule has 0 unspecified atom stereocenters. The first kappa shape index (κ1) is 14.0. The average molecular weight is 276 g/mol. The predicted octanol–water partition coefficient (Wildman–Crippen LogP) is 1.85. The highest BCUT2D eigenvalue weighted by molar-refractivity contribution is 5.48. The number of ether oxygens (including phenoxy) is 1. The van der Waals surface area contributed by atoms with Gasteiger partial charge in [0.05, 0.1) is 11.1 Å². The van der Waals surface area contributed by atoms with Crippen LogP contribution < -0.4 is 10.5 Å². The van der Waals surface area contributed by atoms with Crippen LogP contribution in [0, 0.1) is 10.1 Å². The maximum atomic E-state index is 11.0. The van der Waals surface area contributed by atoms with Crippen molar-refractivity contribution in [2.75, 3.05) is 0 Å². The minimum Gasteiger partial charge on any atom is -0.482 e. The zero-order valence-electron chi connectivity index (χ0n) is 11.2. The topological polar surface area (TPSA) is 96.2 Å². The molecule has 2 N–H and O–H groups in total. The Morgan fingerprint density at radius 2 is 2.25 bits per heavy atom. The molecule has 1 aromatic carbocycles. The number of nitro groups is 1. The molecule has 0 saturated heterocycles. The van der Waals surface area contributed by atoms with Crippen LogP contribution in [0.5, 0.6) is 5.75 Å². The molecule has 0 amide bonds. The van der Waals surface area contributed by atoms with Gasteiger partial charge in [-0.1, -0.05) is 6.07 Å². The van der Waals surface area contributed by atoms with Gasteiger partial charge in [0.25, 0.3) is 0 Å². The molecule has 0 bridgehead atoms. The average Bonchev–Trinajstić information content (AvgIpc) is 2.92. The minimum absolute atomic E-state index is 0.0647. The number of aryl methyl sites for hydroxylation is 1. The lowest BCUT2D eigenvalue weighted by Gasteiger charge is -2.07. The molecule has 7 nitrogen and oxygen atoms in total. The molecule has 2 rings (SSSR count). The lowest BCUT2D eigenvalue weighted by Crippen LogP contribution is -2.02. The monoisotopic (exact) mass is 276 g/mol. The second-order valence-corrected chi connectivity index (χ2v) is 4.26. The zero-order valence-corrected chi connectivity index (χ0v) is 11.2. The first-order valence-corrected chi connectivity index (χ1v) is 6.25. The van der Waals surface area contributed by atoms with Crippen molar-refractivity contribution in [3.8, 4) is 5.75 Å². The number of nitrogens with zero attached hydrogens (tertiary/aromatic N) is 3. The van der Waals surface area contributed by atoms with E-state index < -0.39 is 4.92 Å². The molecular formula is C13H16N4O3. The van der Waals surface area contributed by atoms with Crippen LogP contribution in [0.25, 0.3) is 0 Å². The predicted molar refractivity (Wildman–Crippen MR) is 73.2 cm³/mol. The second-order valence-electron chi connectivity index (χ2n) is 4.26. The highest BCUT2D eigenvalue weighted by atomic mass is 16.6. The number of benzene rings is 1. The van der Waals surface area contributed by atoms with Gasteiger partial charge in [-0.3, -0.25) is 14.8 Å². The van der Waals surface area contributed by atoms with Gasteiger partial charge in [-0.25, -0.2) is 0 Å². The molecule has 0 radical (unpaired) electrons. The van der Waals surface area contributed by atoms with E-state index in [4.69, 9.17) is 10.5 Å². The Hall–Kier alpha value is -2.41. The van der Waals surface area contributed by atoms with E-state index >= 15 is 0 Å². The van der Waals surface area contributed by atoms with Crippen molar-refractivity contribution in [2.24, 2.45) is 5.73 Å². The van der Waals surface area contributed by atoms with Gasteiger partial charge >= 0.3 is 5.69 Å². The van der Waals surface area contributed by atoms with Crippen molar-refractivity contribution in [3.63, 3.8) is 0 Å². The standard InChI is InChI=1S/C13H16N4O3/c1-2-16-8-11(7-15-16)9-20-13-5-10(6-14)3-4-12(13)17(18)19/h3-5,7-8H,2,6,9,14H2,1H3. The molecule has 0 aliphatic carbocycles. The fourth-order valence-electron chi connectivity index (χ4n) is 1.77. The summed E-state index contributed by atoms with van der Waals surface area (Å²) in [6.45, 7) is 3.28. The van der Waals surface area contributed by atoms with E-state index in [9.17, 15) is 10.1 Å². The van der Waals surface area contributed by atoms with Crippen LogP contribution in [0.1, 0.15) is 18.1 Å². The van der Waals surface area contributed by atoms with Crippen molar-refractivity contribution in [2.45, 2.75) is 26.6 Å². The maximum absolute atomic E-state index is 11.0. The Bertz CT molecular complexity index is 609. The van der Waals surface area contributed by atoms with Crippen LogP contribution in [0.4, 0.5) is 5.69 Å². The van der Waals surface area contributed by atoms with E-state index in [1.54, 1.807) is 23.0 Å². The summed E-state index contributed by atoms with van der Waals surface area (Å²) >= 11 is 0. The molecule has 1 aromatic heterocycles.